The molecule has 1 aromatic heterocycles. The molecular formula is C13H19ClN2O. The molecule has 94 valence electrons. The molecular weight excluding hydrogens is 236 g/mol. The molecule has 2 rings (SSSR count). The minimum absolute atomic E-state index is 0. The van der Waals surface area contributed by atoms with Crippen LogP contribution in [0.2, 0.25) is 0 Å². The molecule has 0 aliphatic rings. The molecule has 1 unspecified atom stereocenters. The maximum atomic E-state index is 5.75. The van der Waals surface area contributed by atoms with E-state index in [1.54, 1.807) is 0 Å². The molecule has 3 nitrogen and oxygen atoms in total. The first-order valence-electron chi connectivity index (χ1n) is 5.57. The van der Waals surface area contributed by atoms with E-state index in [4.69, 9.17) is 10.2 Å². The standard InChI is InChI=1S/C13H18N2O.ClH/c1-10(14)8-15(2)9-12-7-11-5-3-4-6-13(11)16-12;/h3-7,10H,8-9,14H2,1-2H3;1H. The Labute approximate surface area is 108 Å². The molecule has 0 aliphatic heterocycles. The molecule has 0 bridgehead atoms. The fourth-order valence-electron chi connectivity index (χ4n) is 1.94. The maximum absolute atomic E-state index is 5.75. The third-order valence-corrected chi connectivity index (χ3v) is 2.50. The minimum Gasteiger partial charge on any atom is -0.460 e. The predicted molar refractivity (Wildman–Crippen MR) is 73.4 cm³/mol. The Morgan fingerprint density at radius 3 is 2.71 bits per heavy atom. The van der Waals surface area contributed by atoms with Crippen molar-refractivity contribution in [1.82, 2.24) is 4.90 Å². The quantitative estimate of drug-likeness (QED) is 0.912. The predicted octanol–water partition coefficient (Wildman–Crippen LogP) is 2.63. The molecule has 0 fully saturated rings. The maximum Gasteiger partial charge on any atom is 0.134 e. The normalized spacial score (nSPS) is 12.7. The van der Waals surface area contributed by atoms with Crippen LogP contribution in [0.15, 0.2) is 34.7 Å². The van der Waals surface area contributed by atoms with Crippen LogP contribution >= 0.6 is 12.4 Å². The monoisotopic (exact) mass is 254 g/mol. The van der Waals surface area contributed by atoms with E-state index >= 15 is 0 Å². The van der Waals surface area contributed by atoms with Crippen LogP contribution in [0.1, 0.15) is 12.7 Å². The van der Waals surface area contributed by atoms with Gasteiger partial charge in [0.1, 0.15) is 11.3 Å². The summed E-state index contributed by atoms with van der Waals surface area (Å²) in [4.78, 5) is 2.17. The van der Waals surface area contributed by atoms with Gasteiger partial charge in [0.25, 0.3) is 0 Å². The molecule has 2 aromatic rings. The molecule has 0 saturated carbocycles. The van der Waals surface area contributed by atoms with Gasteiger partial charge >= 0.3 is 0 Å². The highest BCUT2D eigenvalue weighted by molar-refractivity contribution is 5.85. The molecule has 0 radical (unpaired) electrons. The largest absolute Gasteiger partial charge is 0.460 e. The summed E-state index contributed by atoms with van der Waals surface area (Å²) in [6.45, 7) is 3.68. The molecule has 1 atom stereocenters. The van der Waals surface area contributed by atoms with E-state index in [9.17, 15) is 0 Å². The molecule has 0 amide bonds. The Balaban J connectivity index is 0.00000144. The van der Waals surface area contributed by atoms with Gasteiger partial charge < -0.3 is 10.2 Å². The van der Waals surface area contributed by atoms with Crippen LogP contribution in [0, 0.1) is 0 Å². The summed E-state index contributed by atoms with van der Waals surface area (Å²) >= 11 is 0. The SMILES string of the molecule is CC(N)CN(C)Cc1cc2ccccc2o1.Cl. The lowest BCUT2D eigenvalue weighted by atomic mass is 10.2. The van der Waals surface area contributed by atoms with Gasteiger partial charge in [-0.05, 0) is 26.1 Å². The van der Waals surface area contributed by atoms with Gasteiger partial charge in [0.2, 0.25) is 0 Å². The number of likely N-dealkylation sites (N-methyl/N-ethyl adjacent to an activating group) is 1. The second kappa shape index (κ2) is 6.05. The van der Waals surface area contributed by atoms with Crippen molar-refractivity contribution in [3.8, 4) is 0 Å². The van der Waals surface area contributed by atoms with Crippen molar-refractivity contribution in [2.24, 2.45) is 5.73 Å². The summed E-state index contributed by atoms with van der Waals surface area (Å²) in [5, 5.41) is 1.16. The number of hydrogen-bond donors (Lipinski definition) is 1. The van der Waals surface area contributed by atoms with E-state index in [0.717, 1.165) is 29.8 Å². The van der Waals surface area contributed by atoms with E-state index in [2.05, 4.69) is 24.1 Å². The molecule has 4 heteroatoms. The summed E-state index contributed by atoms with van der Waals surface area (Å²) in [5.41, 5.74) is 6.70. The van der Waals surface area contributed by atoms with E-state index in [1.165, 1.54) is 0 Å². The fraction of sp³-hybridized carbons (Fsp3) is 0.385. The highest BCUT2D eigenvalue weighted by Gasteiger charge is 2.07. The molecule has 0 aliphatic carbocycles. The molecule has 0 saturated heterocycles. The third-order valence-electron chi connectivity index (χ3n) is 2.50. The zero-order valence-corrected chi connectivity index (χ0v) is 11.0. The lowest BCUT2D eigenvalue weighted by Gasteiger charge is -2.16. The summed E-state index contributed by atoms with van der Waals surface area (Å²) < 4.78 is 5.74. The molecule has 1 aromatic carbocycles. The highest BCUT2D eigenvalue weighted by Crippen LogP contribution is 2.19. The summed E-state index contributed by atoms with van der Waals surface area (Å²) in [5.74, 6) is 0.990. The second-order valence-corrected chi connectivity index (χ2v) is 4.42. The average Bonchev–Trinajstić information content (AvgIpc) is 2.57. The molecule has 1 heterocycles. The Hall–Kier alpha value is -1.03. The van der Waals surface area contributed by atoms with Crippen LogP contribution in [0.3, 0.4) is 0 Å². The van der Waals surface area contributed by atoms with Gasteiger partial charge in [0.15, 0.2) is 0 Å². The molecule has 0 spiro atoms. The lowest BCUT2D eigenvalue weighted by molar-refractivity contribution is 0.286. The number of para-hydroxylation sites is 1. The first kappa shape index (κ1) is 14.0. The number of nitrogens with two attached hydrogens (primary N) is 1. The van der Waals surface area contributed by atoms with Gasteiger partial charge in [0, 0.05) is 18.0 Å². The van der Waals surface area contributed by atoms with Gasteiger partial charge in [0.05, 0.1) is 6.54 Å². The first-order chi connectivity index (χ1) is 7.65. The van der Waals surface area contributed by atoms with Crippen molar-refractivity contribution in [2.45, 2.75) is 19.5 Å². The van der Waals surface area contributed by atoms with Crippen LogP contribution in [0.5, 0.6) is 0 Å². The van der Waals surface area contributed by atoms with E-state index in [-0.39, 0.29) is 18.4 Å². The van der Waals surface area contributed by atoms with Gasteiger partial charge in [-0.3, -0.25) is 4.90 Å². The number of nitrogens with zero attached hydrogens (tertiary/aromatic N) is 1. The van der Waals surface area contributed by atoms with Crippen molar-refractivity contribution in [3.05, 3.63) is 36.1 Å². The van der Waals surface area contributed by atoms with Crippen molar-refractivity contribution in [1.29, 1.82) is 0 Å². The van der Waals surface area contributed by atoms with Crippen molar-refractivity contribution >= 4 is 23.4 Å². The zero-order chi connectivity index (χ0) is 11.5. The van der Waals surface area contributed by atoms with Gasteiger partial charge in [-0.25, -0.2) is 0 Å². The van der Waals surface area contributed by atoms with Crippen molar-refractivity contribution in [3.63, 3.8) is 0 Å². The Morgan fingerprint density at radius 1 is 1.35 bits per heavy atom. The van der Waals surface area contributed by atoms with E-state index in [1.807, 2.05) is 25.1 Å². The van der Waals surface area contributed by atoms with Crippen LogP contribution in [0.25, 0.3) is 11.0 Å². The van der Waals surface area contributed by atoms with Gasteiger partial charge in [-0.1, -0.05) is 18.2 Å². The second-order valence-electron chi connectivity index (χ2n) is 4.42. The Bertz CT molecular complexity index is 434. The highest BCUT2D eigenvalue weighted by atomic mass is 35.5. The smallest absolute Gasteiger partial charge is 0.134 e. The number of halogens is 1. The van der Waals surface area contributed by atoms with Gasteiger partial charge in [-0.15, -0.1) is 12.4 Å². The number of fused-ring (bicyclic) bond motifs is 1. The van der Waals surface area contributed by atoms with Crippen molar-refractivity contribution < 1.29 is 4.42 Å². The first-order valence-corrected chi connectivity index (χ1v) is 5.57. The zero-order valence-electron chi connectivity index (χ0n) is 10.2. The Kier molecular flexibility index (Phi) is 5.00. The summed E-state index contributed by atoms with van der Waals surface area (Å²) in [7, 11) is 2.05. The van der Waals surface area contributed by atoms with E-state index in [0.29, 0.717) is 0 Å². The van der Waals surface area contributed by atoms with E-state index < -0.39 is 0 Å². The topological polar surface area (TPSA) is 42.4 Å². The number of rotatable bonds is 4. The van der Waals surface area contributed by atoms with Gasteiger partial charge in [-0.2, -0.15) is 0 Å². The van der Waals surface area contributed by atoms with Crippen molar-refractivity contribution in [2.75, 3.05) is 13.6 Å². The summed E-state index contributed by atoms with van der Waals surface area (Å²) in [6, 6.07) is 10.3. The van der Waals surface area contributed by atoms with Crippen LogP contribution in [0.4, 0.5) is 0 Å². The number of furan rings is 1. The number of benzene rings is 1. The van der Waals surface area contributed by atoms with Crippen LogP contribution < -0.4 is 5.73 Å². The fourth-order valence-corrected chi connectivity index (χ4v) is 1.94. The Morgan fingerprint density at radius 2 is 2.06 bits per heavy atom. The van der Waals surface area contributed by atoms with Crippen LogP contribution in [-0.4, -0.2) is 24.5 Å². The molecule has 2 N–H and O–H groups in total. The lowest BCUT2D eigenvalue weighted by Crippen LogP contribution is -2.32. The average molecular weight is 255 g/mol. The summed E-state index contributed by atoms with van der Waals surface area (Å²) in [6.07, 6.45) is 0. The molecule has 17 heavy (non-hydrogen) atoms. The third kappa shape index (κ3) is 3.73. The number of hydrogen-bond acceptors (Lipinski definition) is 3. The minimum atomic E-state index is 0. The van der Waals surface area contributed by atoms with Crippen LogP contribution in [-0.2, 0) is 6.54 Å².